The van der Waals surface area contributed by atoms with Gasteiger partial charge in [-0.1, -0.05) is 0 Å². The minimum absolute atomic E-state index is 0.310. The average molecular weight is 289 g/mol. The van der Waals surface area contributed by atoms with Gasteiger partial charge in [-0.15, -0.1) is 11.8 Å². The van der Waals surface area contributed by atoms with Crippen LogP contribution in [-0.4, -0.2) is 29.6 Å². The molecule has 1 aliphatic rings. The minimum Gasteiger partial charge on any atom is -0.399 e. The van der Waals surface area contributed by atoms with Crippen molar-refractivity contribution in [1.29, 1.82) is 0 Å². The van der Waals surface area contributed by atoms with Crippen LogP contribution in [0.1, 0.15) is 27.7 Å². The van der Waals surface area contributed by atoms with Crippen molar-refractivity contribution in [1.82, 2.24) is 4.98 Å². The molecule has 20 heavy (non-hydrogen) atoms. The number of benzene rings is 1. The fraction of sp³-hybridized carbons (Fsp3) is 0.467. The third-order valence-electron chi connectivity index (χ3n) is 4.42. The molecule has 3 nitrogen and oxygen atoms in total. The molecule has 5 heteroatoms. The number of fused-ring (bicyclic) bond motifs is 1. The summed E-state index contributed by atoms with van der Waals surface area (Å²) in [5.74, 6) is 0. The van der Waals surface area contributed by atoms with Gasteiger partial charge < -0.3 is 14.3 Å². The van der Waals surface area contributed by atoms with Crippen molar-refractivity contribution < 1.29 is 9.31 Å². The molecular formula is C15H20BNO2S. The maximum atomic E-state index is 6.18. The Balaban J connectivity index is 2.09. The van der Waals surface area contributed by atoms with Crippen LogP contribution >= 0.6 is 11.8 Å². The van der Waals surface area contributed by atoms with Crippen LogP contribution in [0.5, 0.6) is 0 Å². The Hall–Kier alpha value is -0.905. The van der Waals surface area contributed by atoms with Crippen LogP contribution in [0.4, 0.5) is 0 Å². The molecule has 0 radical (unpaired) electrons. The lowest BCUT2D eigenvalue weighted by atomic mass is 9.77. The fourth-order valence-electron chi connectivity index (χ4n) is 2.45. The summed E-state index contributed by atoms with van der Waals surface area (Å²) in [4.78, 5) is 4.49. The Morgan fingerprint density at radius 2 is 1.75 bits per heavy atom. The normalized spacial score (nSPS) is 20.8. The van der Waals surface area contributed by atoms with E-state index in [9.17, 15) is 0 Å². The molecule has 1 saturated heterocycles. The van der Waals surface area contributed by atoms with E-state index in [0.717, 1.165) is 11.0 Å². The Labute approximate surface area is 124 Å². The van der Waals surface area contributed by atoms with Crippen molar-refractivity contribution in [2.24, 2.45) is 0 Å². The van der Waals surface area contributed by atoms with E-state index in [4.69, 9.17) is 9.31 Å². The summed E-state index contributed by atoms with van der Waals surface area (Å²) in [5, 5.41) is 1.17. The largest absolute Gasteiger partial charge is 0.495 e. The predicted molar refractivity (Wildman–Crippen MR) is 85.8 cm³/mol. The van der Waals surface area contributed by atoms with E-state index in [-0.39, 0.29) is 18.3 Å². The molecule has 0 aliphatic carbocycles. The number of nitrogens with one attached hydrogen (secondary N) is 1. The van der Waals surface area contributed by atoms with E-state index in [0.29, 0.717) is 0 Å². The summed E-state index contributed by atoms with van der Waals surface area (Å²) in [6.07, 6.45) is 4.04. The van der Waals surface area contributed by atoms with Crippen molar-refractivity contribution in [3.8, 4) is 0 Å². The lowest BCUT2D eigenvalue weighted by Crippen LogP contribution is -2.41. The molecule has 1 aliphatic heterocycles. The van der Waals surface area contributed by atoms with Gasteiger partial charge in [0, 0.05) is 16.6 Å². The molecule has 0 unspecified atom stereocenters. The molecule has 0 bridgehead atoms. The number of hydrogen-bond acceptors (Lipinski definition) is 3. The molecule has 0 atom stereocenters. The molecule has 1 N–H and O–H groups in total. The first-order chi connectivity index (χ1) is 9.34. The lowest BCUT2D eigenvalue weighted by molar-refractivity contribution is 0.00578. The second kappa shape index (κ2) is 4.55. The van der Waals surface area contributed by atoms with Gasteiger partial charge in [0.15, 0.2) is 0 Å². The molecule has 106 valence electrons. The zero-order valence-corrected chi connectivity index (χ0v) is 13.4. The molecule has 0 saturated carbocycles. The van der Waals surface area contributed by atoms with Crippen LogP contribution in [0, 0.1) is 0 Å². The van der Waals surface area contributed by atoms with Gasteiger partial charge in [-0.2, -0.15) is 0 Å². The number of hydrogen-bond donors (Lipinski definition) is 1. The van der Waals surface area contributed by atoms with E-state index < -0.39 is 0 Å². The first-order valence-corrected chi connectivity index (χ1v) is 8.07. The fourth-order valence-corrected chi connectivity index (χ4v) is 2.93. The number of H-pyrrole nitrogens is 1. The minimum atomic E-state index is -0.314. The molecule has 2 heterocycles. The first-order valence-electron chi connectivity index (χ1n) is 6.85. The van der Waals surface area contributed by atoms with Crippen molar-refractivity contribution in [2.75, 3.05) is 6.26 Å². The standard InChI is InChI=1S/C15H20BNO2S/c1-14(2)15(3,4)19-16(18-14)12-8-10(20-5)9-13-11(12)6-7-17-13/h6-9,17H,1-5H3. The van der Waals surface area contributed by atoms with Crippen LogP contribution in [0.2, 0.25) is 0 Å². The SMILES string of the molecule is CSc1cc(B2OC(C)(C)C(C)(C)O2)c2cc[nH]c2c1. The van der Waals surface area contributed by atoms with E-state index in [1.54, 1.807) is 11.8 Å². The molecule has 1 fully saturated rings. The van der Waals surface area contributed by atoms with Gasteiger partial charge in [0.05, 0.1) is 11.2 Å². The zero-order chi connectivity index (χ0) is 14.5. The molecule has 0 spiro atoms. The first kappa shape index (κ1) is 14.0. The Kier molecular flexibility index (Phi) is 3.20. The topological polar surface area (TPSA) is 34.2 Å². The zero-order valence-electron chi connectivity index (χ0n) is 12.6. The van der Waals surface area contributed by atoms with Gasteiger partial charge >= 0.3 is 7.12 Å². The third-order valence-corrected chi connectivity index (χ3v) is 5.12. The summed E-state index contributed by atoms with van der Waals surface area (Å²) in [5.41, 5.74) is 1.61. The number of aromatic nitrogens is 1. The van der Waals surface area contributed by atoms with Gasteiger partial charge in [-0.3, -0.25) is 0 Å². The highest BCUT2D eigenvalue weighted by Gasteiger charge is 2.52. The van der Waals surface area contributed by atoms with Crippen molar-refractivity contribution in [2.45, 2.75) is 43.8 Å². The van der Waals surface area contributed by atoms with E-state index in [2.05, 4.69) is 57.1 Å². The quantitative estimate of drug-likeness (QED) is 0.681. The van der Waals surface area contributed by atoms with Gasteiger partial charge in [-0.05, 0) is 63.0 Å². The lowest BCUT2D eigenvalue weighted by Gasteiger charge is -2.32. The predicted octanol–water partition coefficient (Wildman–Crippen LogP) is 3.19. The summed E-state index contributed by atoms with van der Waals surface area (Å²) in [7, 11) is -0.314. The van der Waals surface area contributed by atoms with Crippen molar-refractivity contribution >= 4 is 35.2 Å². The summed E-state index contributed by atoms with van der Waals surface area (Å²) in [6, 6.07) is 6.41. The van der Waals surface area contributed by atoms with E-state index in [1.165, 1.54) is 10.3 Å². The van der Waals surface area contributed by atoms with Crippen molar-refractivity contribution in [3.05, 3.63) is 24.4 Å². The number of thioether (sulfide) groups is 1. The van der Waals surface area contributed by atoms with Crippen LogP contribution in [-0.2, 0) is 9.31 Å². The third kappa shape index (κ3) is 2.08. The molecule has 0 amide bonds. The average Bonchev–Trinajstić information content (AvgIpc) is 2.90. The molecule has 1 aromatic heterocycles. The molecule has 2 aromatic rings. The van der Waals surface area contributed by atoms with E-state index >= 15 is 0 Å². The van der Waals surface area contributed by atoms with Gasteiger partial charge in [0.1, 0.15) is 0 Å². The highest BCUT2D eigenvalue weighted by molar-refractivity contribution is 7.98. The van der Waals surface area contributed by atoms with Crippen LogP contribution in [0.3, 0.4) is 0 Å². The summed E-state index contributed by atoms with van der Waals surface area (Å²) >= 11 is 1.73. The van der Waals surface area contributed by atoms with Crippen LogP contribution in [0.25, 0.3) is 10.9 Å². The van der Waals surface area contributed by atoms with Gasteiger partial charge in [-0.25, -0.2) is 0 Å². The smallest absolute Gasteiger partial charge is 0.399 e. The summed E-state index contributed by atoms with van der Waals surface area (Å²) < 4.78 is 12.4. The summed E-state index contributed by atoms with van der Waals surface area (Å²) in [6.45, 7) is 8.33. The monoisotopic (exact) mass is 289 g/mol. The second-order valence-electron chi connectivity index (χ2n) is 6.24. The number of aromatic amines is 1. The van der Waals surface area contributed by atoms with Gasteiger partial charge in [0.25, 0.3) is 0 Å². The number of rotatable bonds is 2. The van der Waals surface area contributed by atoms with Gasteiger partial charge in [0.2, 0.25) is 0 Å². The molecular weight excluding hydrogens is 269 g/mol. The van der Waals surface area contributed by atoms with Crippen molar-refractivity contribution in [3.63, 3.8) is 0 Å². The maximum absolute atomic E-state index is 6.18. The Morgan fingerprint density at radius 1 is 1.10 bits per heavy atom. The highest BCUT2D eigenvalue weighted by atomic mass is 32.2. The highest BCUT2D eigenvalue weighted by Crippen LogP contribution is 2.37. The van der Waals surface area contributed by atoms with E-state index in [1.807, 2.05) is 6.20 Å². The molecule has 3 rings (SSSR count). The Bertz CT molecular complexity index is 634. The second-order valence-corrected chi connectivity index (χ2v) is 7.12. The van der Waals surface area contributed by atoms with Crippen LogP contribution < -0.4 is 5.46 Å². The maximum Gasteiger partial charge on any atom is 0.495 e. The Morgan fingerprint density at radius 3 is 2.35 bits per heavy atom. The van der Waals surface area contributed by atoms with Crippen LogP contribution in [0.15, 0.2) is 29.3 Å². The molecule has 1 aromatic carbocycles.